The summed E-state index contributed by atoms with van der Waals surface area (Å²) in [5.74, 6) is 0.00774. The maximum atomic E-state index is 12.7. The number of amides is 2. The Labute approximate surface area is 179 Å². The first-order valence-electron chi connectivity index (χ1n) is 8.44. The van der Waals surface area contributed by atoms with Gasteiger partial charge in [-0.15, -0.1) is 11.3 Å². The van der Waals surface area contributed by atoms with Gasteiger partial charge in [-0.25, -0.2) is 4.98 Å². The molecule has 9 heteroatoms. The van der Waals surface area contributed by atoms with Crippen LogP contribution in [0.1, 0.15) is 20.0 Å². The van der Waals surface area contributed by atoms with Crippen LogP contribution in [0.25, 0.3) is 10.2 Å². The molecule has 0 aliphatic rings. The van der Waals surface area contributed by atoms with Crippen molar-refractivity contribution >= 4 is 67.1 Å². The van der Waals surface area contributed by atoms with Gasteiger partial charge in [0, 0.05) is 5.56 Å². The zero-order chi connectivity index (χ0) is 20.4. The summed E-state index contributed by atoms with van der Waals surface area (Å²) in [7, 11) is 1.58. The average molecular weight is 444 g/mol. The van der Waals surface area contributed by atoms with Crippen molar-refractivity contribution in [2.24, 2.45) is 0 Å². The molecule has 0 saturated heterocycles. The lowest BCUT2D eigenvalue weighted by Gasteiger charge is -2.09. The van der Waals surface area contributed by atoms with Crippen LogP contribution in [0.4, 0.5) is 10.8 Å². The highest BCUT2D eigenvalue weighted by Gasteiger charge is 2.15. The molecule has 2 heterocycles. The Bertz CT molecular complexity index is 1210. The lowest BCUT2D eigenvalue weighted by atomic mass is 10.2. The molecule has 4 rings (SSSR count). The molecular weight excluding hydrogens is 430 g/mol. The van der Waals surface area contributed by atoms with E-state index in [4.69, 9.17) is 16.3 Å². The number of thiazole rings is 1. The van der Waals surface area contributed by atoms with Gasteiger partial charge in [-0.1, -0.05) is 35.1 Å². The topological polar surface area (TPSA) is 80.3 Å². The molecule has 0 saturated carbocycles. The number of hydrogen-bond donors (Lipinski definition) is 2. The molecule has 0 aliphatic carbocycles. The van der Waals surface area contributed by atoms with Crippen LogP contribution in [-0.2, 0) is 0 Å². The van der Waals surface area contributed by atoms with E-state index in [1.165, 1.54) is 28.7 Å². The Kier molecular flexibility index (Phi) is 5.48. The van der Waals surface area contributed by atoms with Crippen LogP contribution in [-0.4, -0.2) is 23.9 Å². The molecule has 0 spiro atoms. The van der Waals surface area contributed by atoms with E-state index in [1.54, 1.807) is 31.4 Å². The molecule has 0 bridgehead atoms. The van der Waals surface area contributed by atoms with Gasteiger partial charge in [0.15, 0.2) is 5.13 Å². The third-order valence-electron chi connectivity index (χ3n) is 4.04. The highest BCUT2D eigenvalue weighted by atomic mass is 35.5. The van der Waals surface area contributed by atoms with Crippen LogP contribution in [0.15, 0.2) is 53.9 Å². The molecule has 0 radical (unpaired) electrons. The highest BCUT2D eigenvalue weighted by molar-refractivity contribution is 7.22. The van der Waals surface area contributed by atoms with Crippen LogP contribution < -0.4 is 15.4 Å². The highest BCUT2D eigenvalue weighted by Crippen LogP contribution is 2.32. The Morgan fingerprint density at radius 3 is 2.69 bits per heavy atom. The summed E-state index contributed by atoms with van der Waals surface area (Å²) in [4.78, 5) is 30.0. The molecule has 4 aromatic rings. The Hall–Kier alpha value is -2.94. The maximum Gasteiger partial charge on any atom is 0.265 e. The first kappa shape index (κ1) is 19.4. The Balaban J connectivity index is 1.55. The molecule has 0 unspecified atom stereocenters. The fourth-order valence-corrected chi connectivity index (χ4v) is 4.33. The zero-order valence-corrected chi connectivity index (χ0v) is 17.5. The molecule has 146 valence electrons. The second-order valence-corrected chi connectivity index (χ2v) is 8.29. The number of nitrogens with zero attached hydrogens (tertiary/aromatic N) is 1. The van der Waals surface area contributed by atoms with Crippen molar-refractivity contribution in [3.8, 4) is 5.75 Å². The van der Waals surface area contributed by atoms with Gasteiger partial charge >= 0.3 is 0 Å². The largest absolute Gasteiger partial charge is 0.494 e. The number of carbonyl (C=O) groups is 2. The van der Waals surface area contributed by atoms with E-state index in [9.17, 15) is 9.59 Å². The number of para-hydroxylation sites is 1. The van der Waals surface area contributed by atoms with E-state index < -0.39 is 0 Å². The fourth-order valence-electron chi connectivity index (χ4n) is 2.66. The van der Waals surface area contributed by atoms with Crippen molar-refractivity contribution in [2.45, 2.75) is 0 Å². The maximum absolute atomic E-state index is 12.7. The minimum absolute atomic E-state index is 0.280. The van der Waals surface area contributed by atoms with Gasteiger partial charge < -0.3 is 10.1 Å². The van der Waals surface area contributed by atoms with Gasteiger partial charge in [-0.05, 0) is 41.8 Å². The number of aromatic nitrogens is 1. The van der Waals surface area contributed by atoms with E-state index in [2.05, 4.69) is 15.6 Å². The summed E-state index contributed by atoms with van der Waals surface area (Å²) in [5.41, 5.74) is 1.40. The minimum Gasteiger partial charge on any atom is -0.494 e. The summed E-state index contributed by atoms with van der Waals surface area (Å²) in [5, 5.41) is 8.13. The number of nitrogens with one attached hydrogen (secondary N) is 2. The summed E-state index contributed by atoms with van der Waals surface area (Å²) in [6.07, 6.45) is 0. The number of halogens is 1. The van der Waals surface area contributed by atoms with Gasteiger partial charge in [-0.3, -0.25) is 14.9 Å². The molecule has 2 N–H and O–H groups in total. The van der Waals surface area contributed by atoms with E-state index in [1.807, 2.05) is 23.6 Å². The number of rotatable bonds is 5. The average Bonchev–Trinajstić information content (AvgIpc) is 3.38. The van der Waals surface area contributed by atoms with Crippen LogP contribution in [0.3, 0.4) is 0 Å². The molecule has 2 aromatic carbocycles. The van der Waals surface area contributed by atoms with E-state index >= 15 is 0 Å². The second-order valence-electron chi connectivity index (χ2n) is 5.91. The molecule has 2 amide bonds. The van der Waals surface area contributed by atoms with Crippen molar-refractivity contribution in [2.75, 3.05) is 17.7 Å². The lowest BCUT2D eigenvalue weighted by molar-refractivity contribution is 0.101. The lowest BCUT2D eigenvalue weighted by Crippen LogP contribution is -2.14. The van der Waals surface area contributed by atoms with Crippen molar-refractivity contribution in [3.63, 3.8) is 0 Å². The predicted octanol–water partition coefficient (Wildman–Crippen LogP) is 5.52. The van der Waals surface area contributed by atoms with Gasteiger partial charge in [0.1, 0.15) is 11.3 Å². The number of thiophene rings is 1. The predicted molar refractivity (Wildman–Crippen MR) is 118 cm³/mol. The third kappa shape index (κ3) is 4.09. The number of carbonyl (C=O) groups excluding carboxylic acids is 2. The summed E-state index contributed by atoms with van der Waals surface area (Å²) in [6, 6.07) is 13.8. The number of anilines is 2. The number of methoxy groups -OCH3 is 1. The fraction of sp³-hybridized carbons (Fsp3) is 0.0500. The summed E-state index contributed by atoms with van der Waals surface area (Å²) >= 11 is 8.86. The van der Waals surface area contributed by atoms with Crippen LogP contribution in [0.2, 0.25) is 5.02 Å². The molecule has 0 atom stereocenters. The first-order valence-corrected chi connectivity index (χ1v) is 10.5. The summed E-state index contributed by atoms with van der Waals surface area (Å²) in [6.45, 7) is 0. The number of hydrogen-bond acceptors (Lipinski definition) is 6. The van der Waals surface area contributed by atoms with Gasteiger partial charge in [0.2, 0.25) is 0 Å². The number of ether oxygens (including phenoxy) is 1. The quantitative estimate of drug-likeness (QED) is 0.425. The van der Waals surface area contributed by atoms with Gasteiger partial charge in [0.25, 0.3) is 11.8 Å². The molecule has 0 fully saturated rings. The van der Waals surface area contributed by atoms with Gasteiger partial charge in [-0.2, -0.15) is 0 Å². The van der Waals surface area contributed by atoms with Crippen molar-refractivity contribution in [1.82, 2.24) is 4.98 Å². The van der Waals surface area contributed by atoms with E-state index in [-0.39, 0.29) is 11.8 Å². The van der Waals surface area contributed by atoms with Crippen LogP contribution in [0, 0.1) is 0 Å². The molecule has 2 aromatic heterocycles. The summed E-state index contributed by atoms with van der Waals surface area (Å²) < 4.78 is 6.21. The van der Waals surface area contributed by atoms with Crippen molar-refractivity contribution < 1.29 is 14.3 Å². The SMILES string of the molecule is COc1cccc2sc(NC(=O)c3ccc(Cl)c(NC(=O)c4cccs4)c3)nc12. The molecule has 29 heavy (non-hydrogen) atoms. The molecule has 0 aliphatic heterocycles. The number of benzene rings is 2. The van der Waals surface area contributed by atoms with Gasteiger partial charge in [0.05, 0.1) is 27.4 Å². The Morgan fingerprint density at radius 1 is 1.07 bits per heavy atom. The smallest absolute Gasteiger partial charge is 0.265 e. The van der Waals surface area contributed by atoms with Crippen molar-refractivity contribution in [1.29, 1.82) is 0 Å². The molecular formula is C20H14ClN3O3S2. The number of fused-ring (bicyclic) bond motifs is 1. The van der Waals surface area contributed by atoms with Crippen LogP contribution in [0.5, 0.6) is 5.75 Å². The normalized spacial score (nSPS) is 10.7. The first-order chi connectivity index (χ1) is 14.0. The van der Waals surface area contributed by atoms with E-state index in [0.29, 0.717) is 37.5 Å². The van der Waals surface area contributed by atoms with Crippen molar-refractivity contribution in [3.05, 3.63) is 69.4 Å². The minimum atomic E-state index is -0.355. The van der Waals surface area contributed by atoms with E-state index in [0.717, 1.165) is 4.70 Å². The standard InChI is InChI=1S/C20H14ClN3O3S2/c1-27-14-4-2-5-15-17(14)23-20(29-15)24-18(25)11-7-8-12(21)13(10-11)22-19(26)16-6-3-9-28-16/h2-10H,1H3,(H,22,26)(H,23,24,25). The van der Waals surface area contributed by atoms with Crippen LogP contribution >= 0.6 is 34.3 Å². The third-order valence-corrected chi connectivity index (χ3v) is 6.18. The Morgan fingerprint density at radius 2 is 1.93 bits per heavy atom. The monoisotopic (exact) mass is 443 g/mol. The molecule has 6 nitrogen and oxygen atoms in total. The zero-order valence-electron chi connectivity index (χ0n) is 15.1. The second kappa shape index (κ2) is 8.20.